The minimum atomic E-state index is 0.220. The van der Waals surface area contributed by atoms with Gasteiger partial charge in [-0.1, -0.05) is 20.3 Å². The van der Waals surface area contributed by atoms with E-state index in [-0.39, 0.29) is 6.42 Å². The lowest BCUT2D eigenvalue weighted by atomic mass is 10.2. The van der Waals surface area contributed by atoms with Gasteiger partial charge in [0.2, 0.25) is 6.19 Å². The zero-order valence-electron chi connectivity index (χ0n) is 9.53. The molecule has 0 aromatic heterocycles. The van der Waals surface area contributed by atoms with Crippen molar-refractivity contribution < 1.29 is 0 Å². The molecule has 0 spiro atoms. The SMILES string of the molecule is CCCCN(CCC)/C(CC#N)=N/C#N. The van der Waals surface area contributed by atoms with Crippen molar-refractivity contribution >= 4 is 5.84 Å². The number of amidine groups is 1. The van der Waals surface area contributed by atoms with Crippen LogP contribution in [0.25, 0.3) is 0 Å². The lowest BCUT2D eigenvalue weighted by Gasteiger charge is -2.23. The van der Waals surface area contributed by atoms with Gasteiger partial charge in [0.05, 0.1) is 12.5 Å². The normalized spacial score (nSPS) is 10.5. The molecular formula is C11H18N4. The molecule has 0 N–H and O–H groups in total. The van der Waals surface area contributed by atoms with E-state index in [4.69, 9.17) is 10.5 Å². The topological polar surface area (TPSA) is 63.2 Å². The molecule has 0 saturated carbocycles. The van der Waals surface area contributed by atoms with Crippen LogP contribution in [0.1, 0.15) is 39.5 Å². The first-order valence-electron chi connectivity index (χ1n) is 5.37. The fourth-order valence-corrected chi connectivity index (χ4v) is 1.34. The number of hydrogen-bond donors (Lipinski definition) is 0. The summed E-state index contributed by atoms with van der Waals surface area (Å²) in [4.78, 5) is 5.75. The van der Waals surface area contributed by atoms with E-state index >= 15 is 0 Å². The number of hydrogen-bond acceptors (Lipinski definition) is 3. The largest absolute Gasteiger partial charge is 0.358 e. The van der Waals surface area contributed by atoms with Crippen molar-refractivity contribution in [2.24, 2.45) is 4.99 Å². The second-order valence-electron chi connectivity index (χ2n) is 3.30. The summed E-state index contributed by atoms with van der Waals surface area (Å²) in [5.74, 6) is 0.607. The third-order valence-corrected chi connectivity index (χ3v) is 2.06. The van der Waals surface area contributed by atoms with Crippen LogP contribution in [0.15, 0.2) is 4.99 Å². The molecule has 82 valence electrons. The summed E-state index contributed by atoms with van der Waals surface area (Å²) < 4.78 is 0. The predicted octanol–water partition coefficient (Wildman–Crippen LogP) is 2.29. The van der Waals surface area contributed by atoms with Gasteiger partial charge in [-0.25, -0.2) is 0 Å². The van der Waals surface area contributed by atoms with E-state index in [2.05, 4.69) is 18.8 Å². The summed E-state index contributed by atoms with van der Waals surface area (Å²) in [6.45, 7) is 5.94. The van der Waals surface area contributed by atoms with Crippen molar-refractivity contribution in [2.75, 3.05) is 13.1 Å². The molecule has 0 saturated heterocycles. The number of rotatable bonds is 6. The van der Waals surface area contributed by atoms with E-state index in [0.29, 0.717) is 5.84 Å². The van der Waals surface area contributed by atoms with Crippen LogP contribution in [0.3, 0.4) is 0 Å². The first kappa shape index (κ1) is 13.4. The Labute approximate surface area is 91.8 Å². The molecule has 0 bridgehead atoms. The molecule has 0 atom stereocenters. The van der Waals surface area contributed by atoms with Crippen molar-refractivity contribution in [3.63, 3.8) is 0 Å². The van der Waals surface area contributed by atoms with Crippen LogP contribution in [0.2, 0.25) is 0 Å². The van der Waals surface area contributed by atoms with Gasteiger partial charge in [0.15, 0.2) is 0 Å². The molecule has 0 aliphatic rings. The average molecular weight is 206 g/mol. The quantitative estimate of drug-likeness (QED) is 0.380. The molecule has 0 heterocycles. The third kappa shape index (κ3) is 5.70. The van der Waals surface area contributed by atoms with E-state index in [1.165, 1.54) is 0 Å². The third-order valence-electron chi connectivity index (χ3n) is 2.06. The summed E-state index contributed by atoms with van der Waals surface area (Å²) in [5, 5.41) is 17.2. The van der Waals surface area contributed by atoms with Gasteiger partial charge in [-0.3, -0.25) is 0 Å². The van der Waals surface area contributed by atoms with E-state index in [1.807, 2.05) is 11.0 Å². The van der Waals surface area contributed by atoms with Crippen LogP contribution in [-0.4, -0.2) is 23.8 Å². The molecule has 0 amide bonds. The zero-order chi connectivity index (χ0) is 11.5. The molecule has 0 radical (unpaired) electrons. The van der Waals surface area contributed by atoms with Crippen LogP contribution in [-0.2, 0) is 0 Å². The smallest absolute Gasteiger partial charge is 0.207 e. The highest BCUT2D eigenvalue weighted by Gasteiger charge is 2.09. The average Bonchev–Trinajstić information content (AvgIpc) is 2.24. The summed E-state index contributed by atoms with van der Waals surface area (Å²) in [6, 6.07) is 2.04. The summed E-state index contributed by atoms with van der Waals surface area (Å²) >= 11 is 0. The van der Waals surface area contributed by atoms with Gasteiger partial charge < -0.3 is 4.90 Å². The molecule has 0 aliphatic heterocycles. The zero-order valence-corrected chi connectivity index (χ0v) is 9.53. The first-order valence-corrected chi connectivity index (χ1v) is 5.37. The summed E-state index contributed by atoms with van der Waals surface area (Å²) in [6.07, 6.45) is 5.15. The second-order valence-corrected chi connectivity index (χ2v) is 3.30. The van der Waals surface area contributed by atoms with Gasteiger partial charge in [-0.2, -0.15) is 15.5 Å². The highest BCUT2D eigenvalue weighted by molar-refractivity contribution is 5.84. The number of nitriles is 2. The Hall–Kier alpha value is -1.55. The maximum atomic E-state index is 8.64. The molecule has 0 aliphatic carbocycles. The molecule has 0 aromatic rings. The Morgan fingerprint density at radius 1 is 1.20 bits per heavy atom. The molecule has 4 heteroatoms. The first-order chi connectivity index (χ1) is 7.29. The van der Waals surface area contributed by atoms with E-state index in [0.717, 1.165) is 32.4 Å². The lowest BCUT2D eigenvalue weighted by Crippen LogP contribution is -2.32. The molecule has 0 fully saturated rings. The molecule has 15 heavy (non-hydrogen) atoms. The van der Waals surface area contributed by atoms with Gasteiger partial charge >= 0.3 is 0 Å². The molecule has 0 unspecified atom stereocenters. The lowest BCUT2D eigenvalue weighted by molar-refractivity contribution is 0.402. The maximum Gasteiger partial charge on any atom is 0.207 e. The maximum absolute atomic E-state index is 8.64. The van der Waals surface area contributed by atoms with Crippen LogP contribution in [0.5, 0.6) is 0 Å². The second kappa shape index (κ2) is 9.02. The van der Waals surface area contributed by atoms with E-state index in [1.54, 1.807) is 6.19 Å². The Morgan fingerprint density at radius 3 is 2.40 bits per heavy atom. The minimum absolute atomic E-state index is 0.220. The van der Waals surface area contributed by atoms with E-state index < -0.39 is 0 Å². The molecule has 0 aromatic carbocycles. The van der Waals surface area contributed by atoms with Crippen molar-refractivity contribution in [1.82, 2.24) is 4.90 Å². The highest BCUT2D eigenvalue weighted by atomic mass is 15.2. The number of unbranched alkanes of at least 4 members (excludes halogenated alkanes) is 1. The summed E-state index contributed by atoms with van der Waals surface area (Å²) in [7, 11) is 0. The fraction of sp³-hybridized carbons (Fsp3) is 0.727. The van der Waals surface area contributed by atoms with E-state index in [9.17, 15) is 0 Å². The van der Waals surface area contributed by atoms with Gasteiger partial charge in [0, 0.05) is 13.1 Å². The fourth-order valence-electron chi connectivity index (χ4n) is 1.34. The van der Waals surface area contributed by atoms with Gasteiger partial charge in [-0.15, -0.1) is 0 Å². The molecule has 0 rings (SSSR count). The Bertz CT molecular complexity index is 269. The predicted molar refractivity (Wildman–Crippen MR) is 60.1 cm³/mol. The Kier molecular flexibility index (Phi) is 8.09. The molecule has 4 nitrogen and oxygen atoms in total. The number of nitrogens with zero attached hydrogens (tertiary/aromatic N) is 4. The minimum Gasteiger partial charge on any atom is -0.358 e. The van der Waals surface area contributed by atoms with Gasteiger partial charge in [0.1, 0.15) is 5.84 Å². The van der Waals surface area contributed by atoms with Gasteiger partial charge in [-0.05, 0) is 12.8 Å². The van der Waals surface area contributed by atoms with Crippen molar-refractivity contribution in [3.8, 4) is 12.3 Å². The number of aliphatic imine (C=N–C) groups is 1. The van der Waals surface area contributed by atoms with Crippen LogP contribution < -0.4 is 0 Å². The van der Waals surface area contributed by atoms with Crippen LogP contribution >= 0.6 is 0 Å². The van der Waals surface area contributed by atoms with Crippen LogP contribution in [0, 0.1) is 22.8 Å². The standard InChI is InChI=1S/C11H18N4/c1-3-5-9-15(8-4-2)11(6-7-12)14-10-13/h3-6,8-9H2,1-2H3/b14-11+. The van der Waals surface area contributed by atoms with Crippen molar-refractivity contribution in [1.29, 1.82) is 10.5 Å². The van der Waals surface area contributed by atoms with Gasteiger partial charge in [0.25, 0.3) is 0 Å². The molecular weight excluding hydrogens is 188 g/mol. The Balaban J connectivity index is 4.47. The van der Waals surface area contributed by atoms with Crippen LogP contribution in [0.4, 0.5) is 0 Å². The van der Waals surface area contributed by atoms with Crippen molar-refractivity contribution in [3.05, 3.63) is 0 Å². The summed E-state index contributed by atoms with van der Waals surface area (Å²) in [5.41, 5.74) is 0. The monoisotopic (exact) mass is 206 g/mol. The van der Waals surface area contributed by atoms with Crippen molar-refractivity contribution in [2.45, 2.75) is 39.5 Å². The Morgan fingerprint density at radius 2 is 1.93 bits per heavy atom. The highest BCUT2D eigenvalue weighted by Crippen LogP contribution is 2.02.